The molecule has 2 atom stereocenters. The number of hydrogen-bond donors (Lipinski definition) is 2. The summed E-state index contributed by atoms with van der Waals surface area (Å²) in [4.78, 5) is 0. The summed E-state index contributed by atoms with van der Waals surface area (Å²) in [6.07, 6.45) is 1.09. The first-order chi connectivity index (χ1) is 9.79. The Bertz CT molecular complexity index is 392. The van der Waals surface area contributed by atoms with E-state index in [4.69, 9.17) is 9.47 Å². The lowest BCUT2D eigenvalue weighted by atomic mass is 10.1. The molecule has 1 aliphatic rings. The van der Waals surface area contributed by atoms with Crippen molar-refractivity contribution < 1.29 is 9.47 Å². The Kier molecular flexibility index (Phi) is 6.47. The Balaban J connectivity index is 1.78. The smallest absolute Gasteiger partial charge is 0.0716 e. The van der Waals surface area contributed by atoms with Crippen LogP contribution in [0.5, 0.6) is 0 Å². The summed E-state index contributed by atoms with van der Waals surface area (Å²) < 4.78 is 10.7. The van der Waals surface area contributed by atoms with Crippen molar-refractivity contribution in [1.29, 1.82) is 0 Å². The number of benzene rings is 1. The van der Waals surface area contributed by atoms with Crippen molar-refractivity contribution in [3.8, 4) is 0 Å². The molecule has 4 nitrogen and oxygen atoms in total. The molecule has 4 heteroatoms. The van der Waals surface area contributed by atoms with Crippen molar-refractivity contribution in [3.05, 3.63) is 35.4 Å². The van der Waals surface area contributed by atoms with E-state index >= 15 is 0 Å². The molecule has 0 amide bonds. The minimum absolute atomic E-state index is 0.463. The first-order valence-electron chi connectivity index (χ1n) is 7.40. The van der Waals surface area contributed by atoms with Gasteiger partial charge in [0.1, 0.15) is 0 Å². The maximum atomic E-state index is 5.49. The van der Waals surface area contributed by atoms with Gasteiger partial charge >= 0.3 is 0 Å². The van der Waals surface area contributed by atoms with E-state index in [1.807, 2.05) is 0 Å². The van der Waals surface area contributed by atoms with E-state index in [0.29, 0.717) is 18.7 Å². The Morgan fingerprint density at radius 3 is 2.90 bits per heavy atom. The van der Waals surface area contributed by atoms with Crippen LogP contribution in [-0.4, -0.2) is 39.0 Å². The summed E-state index contributed by atoms with van der Waals surface area (Å²) in [6.45, 7) is 6.41. The van der Waals surface area contributed by atoms with Crippen LogP contribution < -0.4 is 10.6 Å². The van der Waals surface area contributed by atoms with Gasteiger partial charge in [0.05, 0.1) is 19.8 Å². The molecule has 0 saturated carbocycles. The molecular formula is C16H26N2O2. The number of morpholine rings is 1. The zero-order valence-corrected chi connectivity index (χ0v) is 12.5. The fourth-order valence-corrected chi connectivity index (χ4v) is 2.59. The molecule has 2 N–H and O–H groups in total. The van der Waals surface area contributed by atoms with E-state index < -0.39 is 0 Å². The van der Waals surface area contributed by atoms with Crippen molar-refractivity contribution in [2.24, 2.45) is 0 Å². The van der Waals surface area contributed by atoms with Gasteiger partial charge in [-0.3, -0.25) is 0 Å². The normalized spacial score (nSPS) is 20.8. The van der Waals surface area contributed by atoms with Crippen molar-refractivity contribution >= 4 is 0 Å². The monoisotopic (exact) mass is 278 g/mol. The highest BCUT2D eigenvalue weighted by atomic mass is 16.5. The van der Waals surface area contributed by atoms with Crippen LogP contribution in [0.2, 0.25) is 0 Å². The molecule has 1 aromatic carbocycles. The summed E-state index contributed by atoms with van der Waals surface area (Å²) in [6, 6.07) is 9.37. The molecule has 0 bridgehead atoms. The number of hydrogen-bond acceptors (Lipinski definition) is 4. The average Bonchev–Trinajstić information content (AvgIpc) is 2.48. The minimum Gasteiger partial charge on any atom is -0.380 e. The van der Waals surface area contributed by atoms with E-state index in [2.05, 4.69) is 41.8 Å². The van der Waals surface area contributed by atoms with Crippen LogP contribution >= 0.6 is 0 Å². The lowest BCUT2D eigenvalue weighted by molar-refractivity contribution is 0.0712. The third-order valence-electron chi connectivity index (χ3n) is 3.70. The summed E-state index contributed by atoms with van der Waals surface area (Å²) in [5.74, 6) is 0. The maximum Gasteiger partial charge on any atom is 0.0716 e. The summed E-state index contributed by atoms with van der Waals surface area (Å²) >= 11 is 0. The van der Waals surface area contributed by atoms with Crippen molar-refractivity contribution in [1.82, 2.24) is 10.6 Å². The molecule has 20 heavy (non-hydrogen) atoms. The van der Waals surface area contributed by atoms with Crippen molar-refractivity contribution in [2.75, 3.05) is 26.9 Å². The Labute approximate surface area is 121 Å². The second kappa shape index (κ2) is 8.37. The van der Waals surface area contributed by atoms with Crippen LogP contribution in [0, 0.1) is 0 Å². The van der Waals surface area contributed by atoms with Gasteiger partial charge in [-0.25, -0.2) is 0 Å². The fraction of sp³-hybridized carbons (Fsp3) is 0.625. The fourth-order valence-electron chi connectivity index (χ4n) is 2.59. The number of nitrogens with one attached hydrogen (secondary N) is 2. The molecule has 0 aromatic heterocycles. The maximum absolute atomic E-state index is 5.49. The predicted octanol–water partition coefficient (Wildman–Crippen LogP) is 1.69. The zero-order chi connectivity index (χ0) is 14.2. The van der Waals surface area contributed by atoms with Gasteiger partial charge in [0.25, 0.3) is 0 Å². The molecule has 1 fully saturated rings. The first kappa shape index (κ1) is 15.4. The SMILES string of the molecule is COCc1ccccc1CNC(C)CC1COCCN1. The molecule has 1 aromatic rings. The molecule has 1 heterocycles. The van der Waals surface area contributed by atoms with Crippen LogP contribution in [0.4, 0.5) is 0 Å². The van der Waals surface area contributed by atoms with E-state index in [0.717, 1.165) is 32.7 Å². The van der Waals surface area contributed by atoms with E-state index in [-0.39, 0.29) is 0 Å². The third kappa shape index (κ3) is 4.87. The molecule has 2 rings (SSSR count). The minimum atomic E-state index is 0.463. The van der Waals surface area contributed by atoms with Crippen LogP contribution in [-0.2, 0) is 22.6 Å². The molecule has 2 unspecified atom stereocenters. The van der Waals surface area contributed by atoms with Gasteiger partial charge in [0, 0.05) is 32.3 Å². The predicted molar refractivity (Wildman–Crippen MR) is 80.7 cm³/mol. The largest absolute Gasteiger partial charge is 0.380 e. The highest BCUT2D eigenvalue weighted by Gasteiger charge is 2.16. The second-order valence-electron chi connectivity index (χ2n) is 5.45. The lowest BCUT2D eigenvalue weighted by Gasteiger charge is -2.27. The van der Waals surface area contributed by atoms with Gasteiger partial charge in [-0.2, -0.15) is 0 Å². The average molecular weight is 278 g/mol. The van der Waals surface area contributed by atoms with Gasteiger partial charge in [0.15, 0.2) is 0 Å². The molecule has 0 radical (unpaired) electrons. The van der Waals surface area contributed by atoms with Gasteiger partial charge in [-0.05, 0) is 24.5 Å². The lowest BCUT2D eigenvalue weighted by Crippen LogP contribution is -2.44. The number of methoxy groups -OCH3 is 1. The zero-order valence-electron chi connectivity index (χ0n) is 12.5. The Hall–Kier alpha value is -0.940. The summed E-state index contributed by atoms with van der Waals surface area (Å²) in [5.41, 5.74) is 2.57. The third-order valence-corrected chi connectivity index (χ3v) is 3.70. The molecule has 1 aliphatic heterocycles. The molecule has 112 valence electrons. The second-order valence-corrected chi connectivity index (χ2v) is 5.45. The first-order valence-corrected chi connectivity index (χ1v) is 7.40. The summed E-state index contributed by atoms with van der Waals surface area (Å²) in [7, 11) is 1.74. The van der Waals surface area contributed by atoms with Crippen LogP contribution in [0.25, 0.3) is 0 Å². The van der Waals surface area contributed by atoms with Gasteiger partial charge < -0.3 is 20.1 Å². The Morgan fingerprint density at radius 1 is 1.40 bits per heavy atom. The molecule has 0 aliphatic carbocycles. The highest BCUT2D eigenvalue weighted by Crippen LogP contribution is 2.11. The van der Waals surface area contributed by atoms with E-state index in [1.54, 1.807) is 7.11 Å². The highest BCUT2D eigenvalue weighted by molar-refractivity contribution is 5.26. The number of ether oxygens (including phenoxy) is 2. The summed E-state index contributed by atoms with van der Waals surface area (Å²) in [5, 5.41) is 7.09. The van der Waals surface area contributed by atoms with Gasteiger partial charge in [-0.15, -0.1) is 0 Å². The molecular weight excluding hydrogens is 252 g/mol. The van der Waals surface area contributed by atoms with Crippen LogP contribution in [0.3, 0.4) is 0 Å². The van der Waals surface area contributed by atoms with Gasteiger partial charge in [0.2, 0.25) is 0 Å². The topological polar surface area (TPSA) is 42.5 Å². The van der Waals surface area contributed by atoms with Gasteiger partial charge in [-0.1, -0.05) is 24.3 Å². The molecule has 1 saturated heterocycles. The Morgan fingerprint density at radius 2 is 2.20 bits per heavy atom. The van der Waals surface area contributed by atoms with Crippen molar-refractivity contribution in [3.63, 3.8) is 0 Å². The van der Waals surface area contributed by atoms with E-state index in [1.165, 1.54) is 11.1 Å². The van der Waals surface area contributed by atoms with Crippen LogP contribution in [0.1, 0.15) is 24.5 Å². The number of rotatable bonds is 7. The quantitative estimate of drug-likeness (QED) is 0.796. The van der Waals surface area contributed by atoms with Crippen molar-refractivity contribution in [2.45, 2.75) is 38.6 Å². The molecule has 0 spiro atoms. The standard InChI is InChI=1S/C16H26N2O2/c1-13(9-16-12-20-8-7-17-16)18-10-14-5-3-4-6-15(14)11-19-2/h3-6,13,16-18H,7-12H2,1-2H3. The van der Waals surface area contributed by atoms with Crippen LogP contribution in [0.15, 0.2) is 24.3 Å². The van der Waals surface area contributed by atoms with E-state index in [9.17, 15) is 0 Å².